The molecule has 0 spiro atoms. The van der Waals surface area contributed by atoms with Crippen molar-refractivity contribution in [3.8, 4) is 0 Å². The van der Waals surface area contributed by atoms with Gasteiger partial charge >= 0.3 is 27.3 Å². The van der Waals surface area contributed by atoms with E-state index in [-0.39, 0.29) is 39.6 Å². The zero-order chi connectivity index (χ0) is 16.7. The van der Waals surface area contributed by atoms with Crippen LogP contribution in [-0.4, -0.2) is 39.2 Å². The number of unbranched alkanes of at least 4 members (excludes halogenated alkanes) is 3. The third-order valence-corrected chi connectivity index (χ3v) is 3.39. The van der Waals surface area contributed by atoms with Crippen LogP contribution >= 0.6 is 0 Å². The molecule has 0 aromatic rings. The number of carboxylic acid groups (broad SMARTS) is 2. The van der Waals surface area contributed by atoms with E-state index in [1.807, 2.05) is 6.92 Å². The first kappa shape index (κ1) is 26.7. The standard InChI is InChI=1S/C9H18O2.C8H16O2.Pb/c1-8(2)6-4-3-5-7-9(10)11;1-3-5-6-7(4-2)8(9)10;/h8H,3-7H2,1-2H3,(H,10,11);7H,3-6H2,1-2H3,(H,9,10);/q;;+2/p-2. The van der Waals surface area contributed by atoms with E-state index in [1.54, 1.807) is 0 Å². The van der Waals surface area contributed by atoms with Gasteiger partial charge in [-0.25, -0.2) is 0 Å². The Balaban J connectivity index is -0.000000315. The Labute approximate surface area is 156 Å². The monoisotopic (exact) mass is 508 g/mol. The molecular formula is C17H32O4Pb. The van der Waals surface area contributed by atoms with E-state index in [0.29, 0.717) is 6.42 Å². The Bertz CT molecular complexity index is 267. The molecule has 0 aliphatic heterocycles. The summed E-state index contributed by atoms with van der Waals surface area (Å²) in [6, 6.07) is 0. The van der Waals surface area contributed by atoms with Gasteiger partial charge in [0.15, 0.2) is 0 Å². The molecule has 0 heterocycles. The average molecular weight is 508 g/mol. The Hall–Kier alpha value is -0.138. The molecule has 1 unspecified atom stereocenters. The molecule has 0 aliphatic carbocycles. The summed E-state index contributed by atoms with van der Waals surface area (Å²) in [6.07, 6.45) is 7.88. The summed E-state index contributed by atoms with van der Waals surface area (Å²) in [7, 11) is 0. The molecule has 4 nitrogen and oxygen atoms in total. The van der Waals surface area contributed by atoms with Crippen molar-refractivity contribution in [1.82, 2.24) is 0 Å². The number of carbonyl (C=O) groups is 2. The summed E-state index contributed by atoms with van der Waals surface area (Å²) < 4.78 is 0. The van der Waals surface area contributed by atoms with Crippen LogP contribution in [0.1, 0.15) is 85.5 Å². The van der Waals surface area contributed by atoms with Crippen molar-refractivity contribution in [2.24, 2.45) is 11.8 Å². The fraction of sp³-hybridized carbons (Fsp3) is 0.882. The molecule has 0 aliphatic rings. The van der Waals surface area contributed by atoms with E-state index in [2.05, 4.69) is 20.8 Å². The Morgan fingerprint density at radius 2 is 1.50 bits per heavy atom. The molecule has 128 valence electrons. The van der Waals surface area contributed by atoms with Gasteiger partial charge in [-0.15, -0.1) is 0 Å². The Kier molecular flexibility index (Phi) is 23.0. The second-order valence-electron chi connectivity index (χ2n) is 5.93. The first-order chi connectivity index (χ1) is 9.84. The third kappa shape index (κ3) is 22.1. The Morgan fingerprint density at radius 1 is 0.909 bits per heavy atom. The largest absolute Gasteiger partial charge is 2.00 e. The molecule has 0 aromatic heterocycles. The van der Waals surface area contributed by atoms with Crippen LogP contribution in [0.3, 0.4) is 0 Å². The van der Waals surface area contributed by atoms with E-state index >= 15 is 0 Å². The van der Waals surface area contributed by atoms with Gasteiger partial charge in [-0.3, -0.25) is 0 Å². The summed E-state index contributed by atoms with van der Waals surface area (Å²) in [6.45, 7) is 8.30. The van der Waals surface area contributed by atoms with Crippen LogP contribution in [0.4, 0.5) is 0 Å². The van der Waals surface area contributed by atoms with Crippen molar-refractivity contribution < 1.29 is 19.8 Å². The van der Waals surface area contributed by atoms with Crippen molar-refractivity contribution in [2.75, 3.05) is 0 Å². The summed E-state index contributed by atoms with van der Waals surface area (Å²) in [5, 5.41) is 20.3. The first-order valence-corrected chi connectivity index (χ1v) is 8.25. The minimum absolute atomic E-state index is 0. The minimum atomic E-state index is -0.922. The van der Waals surface area contributed by atoms with Gasteiger partial charge in [0.25, 0.3) is 0 Å². The number of rotatable bonds is 11. The fourth-order valence-electron chi connectivity index (χ4n) is 1.94. The minimum Gasteiger partial charge on any atom is -0.550 e. The van der Waals surface area contributed by atoms with Gasteiger partial charge in [-0.1, -0.05) is 59.8 Å². The molecule has 0 bridgehead atoms. The molecule has 0 rings (SSSR count). The van der Waals surface area contributed by atoms with Crippen LogP contribution in [0.5, 0.6) is 0 Å². The number of hydrogen-bond donors (Lipinski definition) is 0. The molecule has 0 aromatic carbocycles. The molecule has 0 amide bonds. The van der Waals surface area contributed by atoms with Gasteiger partial charge < -0.3 is 19.8 Å². The maximum Gasteiger partial charge on any atom is 2.00 e. The van der Waals surface area contributed by atoms with Gasteiger partial charge in [0.1, 0.15) is 0 Å². The first-order valence-electron chi connectivity index (χ1n) is 8.25. The normalized spacial score (nSPS) is 11.1. The molecule has 0 saturated heterocycles. The molecule has 0 N–H and O–H groups in total. The van der Waals surface area contributed by atoms with E-state index in [4.69, 9.17) is 0 Å². The predicted octanol–water partition coefficient (Wildman–Crippen LogP) is 1.91. The van der Waals surface area contributed by atoms with Crippen LogP contribution in [0.25, 0.3) is 0 Å². The van der Waals surface area contributed by atoms with Gasteiger partial charge in [0, 0.05) is 11.9 Å². The molecule has 5 heteroatoms. The van der Waals surface area contributed by atoms with E-state index in [9.17, 15) is 19.8 Å². The Morgan fingerprint density at radius 3 is 1.86 bits per heavy atom. The molecule has 22 heavy (non-hydrogen) atoms. The molecule has 0 saturated carbocycles. The quantitative estimate of drug-likeness (QED) is 0.316. The summed E-state index contributed by atoms with van der Waals surface area (Å²) in [4.78, 5) is 20.3. The van der Waals surface area contributed by atoms with Crippen LogP contribution in [-0.2, 0) is 9.59 Å². The van der Waals surface area contributed by atoms with Crippen LogP contribution in [0.2, 0.25) is 0 Å². The van der Waals surface area contributed by atoms with Crippen molar-refractivity contribution in [2.45, 2.75) is 85.5 Å². The van der Waals surface area contributed by atoms with Crippen LogP contribution in [0, 0.1) is 11.8 Å². The zero-order valence-corrected chi connectivity index (χ0v) is 18.5. The predicted molar refractivity (Wildman–Crippen MR) is 87.0 cm³/mol. The zero-order valence-electron chi connectivity index (χ0n) is 14.7. The van der Waals surface area contributed by atoms with E-state index in [0.717, 1.165) is 44.4 Å². The van der Waals surface area contributed by atoms with E-state index < -0.39 is 11.9 Å². The summed E-state index contributed by atoms with van der Waals surface area (Å²) >= 11 is 0. The van der Waals surface area contributed by atoms with Crippen molar-refractivity contribution in [1.29, 1.82) is 0 Å². The smallest absolute Gasteiger partial charge is 0.550 e. The maximum atomic E-state index is 10.3. The topological polar surface area (TPSA) is 80.3 Å². The molecule has 1 atom stereocenters. The number of aliphatic carboxylic acids is 2. The number of hydrogen-bond acceptors (Lipinski definition) is 4. The average Bonchev–Trinajstić information content (AvgIpc) is 2.39. The summed E-state index contributed by atoms with van der Waals surface area (Å²) in [5.74, 6) is -1.30. The molecule has 0 fully saturated rings. The van der Waals surface area contributed by atoms with E-state index in [1.165, 1.54) is 6.42 Å². The van der Waals surface area contributed by atoms with Crippen LogP contribution in [0.15, 0.2) is 0 Å². The summed E-state index contributed by atoms with van der Waals surface area (Å²) in [5.41, 5.74) is 0. The third-order valence-electron chi connectivity index (χ3n) is 3.39. The van der Waals surface area contributed by atoms with Gasteiger partial charge in [-0.2, -0.15) is 0 Å². The second kappa shape index (κ2) is 18.9. The van der Waals surface area contributed by atoms with Crippen molar-refractivity contribution >= 4 is 39.2 Å². The number of carbonyl (C=O) groups excluding carboxylic acids is 2. The van der Waals surface area contributed by atoms with Gasteiger partial charge in [0.2, 0.25) is 0 Å². The maximum absolute atomic E-state index is 10.3. The molecule has 2 radical (unpaired) electrons. The fourth-order valence-corrected chi connectivity index (χ4v) is 1.94. The van der Waals surface area contributed by atoms with Crippen LogP contribution < -0.4 is 10.2 Å². The SMILES string of the molecule is CC(C)CCCCCC(=O)[O-].CCCCC(CC)C(=O)[O-].[Pb+2]. The van der Waals surface area contributed by atoms with Gasteiger partial charge in [-0.05, 0) is 37.5 Å². The van der Waals surface area contributed by atoms with Crippen molar-refractivity contribution in [3.63, 3.8) is 0 Å². The molecular weight excluding hydrogens is 475 g/mol. The van der Waals surface area contributed by atoms with Gasteiger partial charge in [0.05, 0.1) is 0 Å². The second-order valence-corrected chi connectivity index (χ2v) is 5.93. The van der Waals surface area contributed by atoms with Crippen molar-refractivity contribution in [3.05, 3.63) is 0 Å². The number of carboxylic acids is 2.